The molecular formula is C12H12O6. The maximum atomic E-state index is 10.8. The van der Waals surface area contributed by atoms with Gasteiger partial charge in [0.1, 0.15) is 0 Å². The predicted octanol–water partition coefficient (Wildman–Crippen LogP) is 1.42. The number of aromatic carboxylic acids is 1. The van der Waals surface area contributed by atoms with Crippen molar-refractivity contribution in [3.63, 3.8) is 0 Å². The second-order valence-corrected chi connectivity index (χ2v) is 3.82. The quantitative estimate of drug-likeness (QED) is 0.705. The maximum Gasteiger partial charge on any atom is 0.335 e. The first-order chi connectivity index (χ1) is 8.40. The maximum absolute atomic E-state index is 10.8. The number of benzene rings is 1. The molecule has 3 N–H and O–H groups in total. The summed E-state index contributed by atoms with van der Waals surface area (Å²) in [4.78, 5) is 32.1. The van der Waals surface area contributed by atoms with Gasteiger partial charge in [0, 0.05) is 5.92 Å². The molecule has 0 atom stereocenters. The highest BCUT2D eigenvalue weighted by Gasteiger charge is 2.19. The van der Waals surface area contributed by atoms with Crippen LogP contribution in [0, 0.1) is 0 Å². The molecule has 1 aromatic rings. The van der Waals surface area contributed by atoms with E-state index in [4.69, 9.17) is 15.3 Å². The van der Waals surface area contributed by atoms with Crippen LogP contribution < -0.4 is 0 Å². The highest BCUT2D eigenvalue weighted by atomic mass is 16.4. The zero-order valence-electron chi connectivity index (χ0n) is 9.37. The Kier molecular flexibility index (Phi) is 4.42. The van der Waals surface area contributed by atoms with Crippen molar-refractivity contribution < 1.29 is 29.7 Å². The van der Waals surface area contributed by atoms with Crippen molar-refractivity contribution in [2.24, 2.45) is 0 Å². The molecule has 18 heavy (non-hydrogen) atoms. The van der Waals surface area contributed by atoms with Gasteiger partial charge in [0.25, 0.3) is 0 Å². The summed E-state index contributed by atoms with van der Waals surface area (Å²) in [7, 11) is 0. The lowest BCUT2D eigenvalue weighted by atomic mass is 9.91. The third kappa shape index (κ3) is 3.89. The lowest BCUT2D eigenvalue weighted by Crippen LogP contribution is -2.12. The topological polar surface area (TPSA) is 112 Å². The first-order valence-electron chi connectivity index (χ1n) is 5.17. The van der Waals surface area contributed by atoms with Crippen molar-refractivity contribution in [2.75, 3.05) is 0 Å². The molecule has 0 radical (unpaired) electrons. The van der Waals surface area contributed by atoms with Crippen LogP contribution in [0.3, 0.4) is 0 Å². The van der Waals surface area contributed by atoms with Crippen LogP contribution in [-0.2, 0) is 9.59 Å². The molecule has 0 unspecified atom stereocenters. The van der Waals surface area contributed by atoms with Crippen LogP contribution in [0.15, 0.2) is 24.3 Å². The Balaban J connectivity index is 3.03. The molecule has 6 heteroatoms. The minimum atomic E-state index is -1.14. The Morgan fingerprint density at radius 2 is 1.56 bits per heavy atom. The zero-order chi connectivity index (χ0) is 13.7. The molecule has 6 nitrogen and oxygen atoms in total. The third-order valence-electron chi connectivity index (χ3n) is 2.45. The number of hydrogen-bond donors (Lipinski definition) is 3. The van der Waals surface area contributed by atoms with Gasteiger partial charge in [-0.25, -0.2) is 4.79 Å². The minimum Gasteiger partial charge on any atom is -0.481 e. The molecule has 0 aliphatic carbocycles. The molecule has 0 saturated heterocycles. The van der Waals surface area contributed by atoms with Crippen LogP contribution >= 0.6 is 0 Å². The largest absolute Gasteiger partial charge is 0.481 e. The molecule has 0 aliphatic rings. The smallest absolute Gasteiger partial charge is 0.335 e. The first kappa shape index (κ1) is 13.7. The second kappa shape index (κ2) is 5.81. The molecule has 0 saturated carbocycles. The fourth-order valence-electron chi connectivity index (χ4n) is 1.66. The van der Waals surface area contributed by atoms with Crippen LogP contribution in [0.25, 0.3) is 0 Å². The van der Waals surface area contributed by atoms with Gasteiger partial charge in [-0.05, 0) is 17.7 Å². The van der Waals surface area contributed by atoms with E-state index in [0.717, 1.165) is 0 Å². The Labute approximate surface area is 102 Å². The van der Waals surface area contributed by atoms with Crippen molar-refractivity contribution in [3.8, 4) is 0 Å². The molecule has 96 valence electrons. The summed E-state index contributed by atoms with van der Waals surface area (Å²) in [6.07, 6.45) is -0.704. The molecule has 0 amide bonds. The van der Waals surface area contributed by atoms with Gasteiger partial charge in [0.15, 0.2) is 0 Å². The fraction of sp³-hybridized carbons (Fsp3) is 0.250. The molecule has 0 spiro atoms. The van der Waals surface area contributed by atoms with Gasteiger partial charge in [0.05, 0.1) is 18.4 Å². The van der Waals surface area contributed by atoms with Crippen molar-refractivity contribution in [1.29, 1.82) is 0 Å². The van der Waals surface area contributed by atoms with Gasteiger partial charge in [-0.15, -0.1) is 0 Å². The molecule has 0 fully saturated rings. The number of aliphatic carboxylic acids is 2. The van der Waals surface area contributed by atoms with Crippen molar-refractivity contribution >= 4 is 17.9 Å². The first-order valence-corrected chi connectivity index (χ1v) is 5.17. The summed E-state index contributed by atoms with van der Waals surface area (Å²) >= 11 is 0. The average molecular weight is 252 g/mol. The van der Waals surface area contributed by atoms with Gasteiger partial charge in [0.2, 0.25) is 0 Å². The SMILES string of the molecule is O=C(O)CC(CC(=O)O)c1cccc(C(=O)O)c1. The standard InChI is InChI=1S/C12H12O6/c13-10(14)5-9(6-11(15)16)7-2-1-3-8(4-7)12(17)18/h1-4,9H,5-6H2,(H,13,14)(H,15,16)(H,17,18). The normalized spacial score (nSPS) is 10.3. The van der Waals surface area contributed by atoms with E-state index in [-0.39, 0.29) is 18.4 Å². The van der Waals surface area contributed by atoms with E-state index < -0.39 is 23.8 Å². The van der Waals surface area contributed by atoms with Crippen LogP contribution in [0.5, 0.6) is 0 Å². The lowest BCUT2D eigenvalue weighted by molar-refractivity contribution is -0.139. The van der Waals surface area contributed by atoms with E-state index >= 15 is 0 Å². The van der Waals surface area contributed by atoms with Crippen molar-refractivity contribution in [2.45, 2.75) is 18.8 Å². The van der Waals surface area contributed by atoms with E-state index in [0.29, 0.717) is 5.56 Å². The monoisotopic (exact) mass is 252 g/mol. The Morgan fingerprint density at radius 3 is 2.00 bits per heavy atom. The Hall–Kier alpha value is -2.37. The number of carboxylic acids is 3. The number of carboxylic acid groups (broad SMARTS) is 3. The van der Waals surface area contributed by atoms with E-state index in [9.17, 15) is 14.4 Å². The summed E-state index contributed by atoms with van der Waals surface area (Å²) in [6, 6.07) is 5.67. The van der Waals surface area contributed by atoms with Gasteiger partial charge < -0.3 is 15.3 Å². The van der Waals surface area contributed by atoms with E-state index in [2.05, 4.69) is 0 Å². The Bertz CT molecular complexity index is 463. The zero-order valence-corrected chi connectivity index (χ0v) is 9.37. The predicted molar refractivity (Wildman–Crippen MR) is 60.6 cm³/mol. The highest BCUT2D eigenvalue weighted by Crippen LogP contribution is 2.24. The number of carbonyl (C=O) groups is 3. The molecule has 0 bridgehead atoms. The van der Waals surface area contributed by atoms with Crippen LogP contribution in [0.1, 0.15) is 34.7 Å². The fourth-order valence-corrected chi connectivity index (χ4v) is 1.66. The van der Waals surface area contributed by atoms with Crippen LogP contribution in [0.2, 0.25) is 0 Å². The summed E-state index contributed by atoms with van der Waals surface area (Å²) < 4.78 is 0. The molecule has 0 aliphatic heterocycles. The van der Waals surface area contributed by atoms with Gasteiger partial charge in [-0.1, -0.05) is 12.1 Å². The van der Waals surface area contributed by atoms with Gasteiger partial charge >= 0.3 is 17.9 Å². The minimum absolute atomic E-state index is 0.00766. The molecule has 1 rings (SSSR count). The average Bonchev–Trinajstić information content (AvgIpc) is 2.27. The second-order valence-electron chi connectivity index (χ2n) is 3.82. The van der Waals surface area contributed by atoms with E-state index in [1.807, 2.05) is 0 Å². The van der Waals surface area contributed by atoms with Crippen LogP contribution in [-0.4, -0.2) is 33.2 Å². The summed E-state index contributed by atoms with van der Waals surface area (Å²) in [5.41, 5.74) is 0.410. The lowest BCUT2D eigenvalue weighted by Gasteiger charge is -2.13. The molecular weight excluding hydrogens is 240 g/mol. The Morgan fingerprint density at radius 1 is 1.00 bits per heavy atom. The third-order valence-corrected chi connectivity index (χ3v) is 2.45. The van der Waals surface area contributed by atoms with Gasteiger partial charge in [-0.3, -0.25) is 9.59 Å². The molecule has 1 aromatic carbocycles. The number of rotatable bonds is 6. The van der Waals surface area contributed by atoms with Crippen molar-refractivity contribution in [1.82, 2.24) is 0 Å². The molecule has 0 heterocycles. The summed E-state index contributed by atoms with van der Waals surface area (Å²) in [5.74, 6) is -4.12. The van der Waals surface area contributed by atoms with Crippen LogP contribution in [0.4, 0.5) is 0 Å². The summed E-state index contributed by atoms with van der Waals surface area (Å²) in [6.45, 7) is 0. The highest BCUT2D eigenvalue weighted by molar-refractivity contribution is 5.87. The summed E-state index contributed by atoms with van der Waals surface area (Å²) in [5, 5.41) is 26.3. The van der Waals surface area contributed by atoms with Gasteiger partial charge in [-0.2, -0.15) is 0 Å². The van der Waals surface area contributed by atoms with Crippen molar-refractivity contribution in [3.05, 3.63) is 35.4 Å². The van der Waals surface area contributed by atoms with E-state index in [1.165, 1.54) is 24.3 Å². The number of hydrogen-bond acceptors (Lipinski definition) is 3. The van der Waals surface area contributed by atoms with E-state index in [1.54, 1.807) is 0 Å². The molecule has 0 aromatic heterocycles.